The van der Waals surface area contributed by atoms with Crippen molar-refractivity contribution in [1.82, 2.24) is 10.2 Å². The van der Waals surface area contributed by atoms with Gasteiger partial charge in [0.25, 0.3) is 10.0 Å². The van der Waals surface area contributed by atoms with Crippen LogP contribution in [0.4, 0.5) is 17.1 Å². The first-order valence-electron chi connectivity index (χ1n) is 8.66. The number of sulfonamides is 1. The Bertz CT molecular complexity index is 1040. The van der Waals surface area contributed by atoms with E-state index < -0.39 is 10.0 Å². The lowest BCUT2D eigenvalue weighted by atomic mass is 10.0. The monoisotopic (exact) mass is 384 g/mol. The number of aromatic nitrogens is 2. The third-order valence-electron chi connectivity index (χ3n) is 4.41. The van der Waals surface area contributed by atoms with E-state index in [9.17, 15) is 8.42 Å². The van der Waals surface area contributed by atoms with E-state index in [-0.39, 0.29) is 4.90 Å². The molecule has 0 aliphatic rings. The second-order valence-corrected chi connectivity index (χ2v) is 8.46. The van der Waals surface area contributed by atoms with Gasteiger partial charge in [-0.3, -0.25) is 9.82 Å². The van der Waals surface area contributed by atoms with E-state index in [2.05, 4.69) is 53.1 Å². The molecule has 0 aliphatic heterocycles. The molecule has 0 spiro atoms. The van der Waals surface area contributed by atoms with E-state index in [0.717, 1.165) is 11.4 Å². The highest BCUT2D eigenvalue weighted by atomic mass is 32.2. The number of rotatable bonds is 5. The molecule has 3 rings (SSSR count). The topological polar surface area (TPSA) is 86.9 Å². The first-order valence-corrected chi connectivity index (χ1v) is 10.1. The average molecular weight is 385 g/mol. The van der Waals surface area contributed by atoms with Gasteiger partial charge in [0.2, 0.25) is 0 Å². The zero-order valence-corrected chi connectivity index (χ0v) is 17.0. The number of anilines is 3. The molecule has 1 aromatic heterocycles. The van der Waals surface area contributed by atoms with Crippen molar-refractivity contribution >= 4 is 27.1 Å². The van der Waals surface area contributed by atoms with Crippen molar-refractivity contribution in [1.29, 1.82) is 0 Å². The van der Waals surface area contributed by atoms with Crippen LogP contribution in [0.3, 0.4) is 0 Å². The molecule has 0 radical (unpaired) electrons. The fourth-order valence-electron chi connectivity index (χ4n) is 3.29. The smallest absolute Gasteiger partial charge is 0.265 e. The first kappa shape index (κ1) is 19.0. The van der Waals surface area contributed by atoms with Crippen molar-refractivity contribution < 1.29 is 8.42 Å². The van der Waals surface area contributed by atoms with E-state index in [1.165, 1.54) is 16.7 Å². The Labute approximate surface area is 160 Å². The summed E-state index contributed by atoms with van der Waals surface area (Å²) in [7, 11) is -3.69. The number of benzene rings is 2. The number of aromatic amines is 1. The molecule has 0 fully saturated rings. The van der Waals surface area contributed by atoms with Gasteiger partial charge < -0.3 is 5.32 Å². The molecule has 142 valence electrons. The minimum Gasteiger partial charge on any atom is -0.355 e. The normalized spacial score (nSPS) is 11.4. The predicted molar refractivity (Wildman–Crippen MR) is 109 cm³/mol. The number of nitrogens with one attached hydrogen (secondary N) is 3. The van der Waals surface area contributed by atoms with Gasteiger partial charge in [0, 0.05) is 17.1 Å². The summed E-state index contributed by atoms with van der Waals surface area (Å²) >= 11 is 0. The Kier molecular flexibility index (Phi) is 4.97. The highest BCUT2D eigenvalue weighted by molar-refractivity contribution is 7.92. The van der Waals surface area contributed by atoms with Crippen molar-refractivity contribution in [2.75, 3.05) is 10.0 Å². The molecule has 0 amide bonds. The lowest BCUT2D eigenvalue weighted by Crippen LogP contribution is -2.14. The lowest BCUT2D eigenvalue weighted by Gasteiger charge is -2.14. The van der Waals surface area contributed by atoms with Crippen molar-refractivity contribution in [3.63, 3.8) is 0 Å². The maximum atomic E-state index is 12.6. The predicted octanol–water partition coefficient (Wildman–Crippen LogP) is 4.50. The Morgan fingerprint density at radius 3 is 1.96 bits per heavy atom. The summed E-state index contributed by atoms with van der Waals surface area (Å²) < 4.78 is 27.8. The lowest BCUT2D eigenvalue weighted by molar-refractivity contribution is 0.600. The number of hydrogen-bond acceptors (Lipinski definition) is 4. The van der Waals surface area contributed by atoms with Crippen LogP contribution in [0.15, 0.2) is 41.3 Å². The van der Waals surface area contributed by atoms with Crippen molar-refractivity contribution in [3.05, 3.63) is 64.5 Å². The van der Waals surface area contributed by atoms with Gasteiger partial charge in [-0.1, -0.05) is 17.7 Å². The van der Waals surface area contributed by atoms with Gasteiger partial charge in [-0.05, 0) is 70.0 Å². The standard InChI is InChI=1S/C20H24N4O2S/c1-12-10-13(2)19(14(3)11-12)21-17-6-8-18(9-7-17)24-27(25,26)20-15(4)22-23-16(20)5/h6-11,21,24H,1-5H3,(H,22,23). The second kappa shape index (κ2) is 7.08. The fourth-order valence-corrected chi connectivity index (χ4v) is 4.72. The molecule has 2 aromatic carbocycles. The fraction of sp³-hybridized carbons (Fsp3) is 0.250. The van der Waals surface area contributed by atoms with Gasteiger partial charge in [0.15, 0.2) is 0 Å². The van der Waals surface area contributed by atoms with E-state index >= 15 is 0 Å². The van der Waals surface area contributed by atoms with Crippen LogP contribution < -0.4 is 10.0 Å². The minimum atomic E-state index is -3.69. The van der Waals surface area contributed by atoms with E-state index in [0.29, 0.717) is 17.1 Å². The summed E-state index contributed by atoms with van der Waals surface area (Å²) in [5, 5.41) is 10.1. The van der Waals surface area contributed by atoms with Gasteiger partial charge >= 0.3 is 0 Å². The molecular weight excluding hydrogens is 360 g/mol. The molecule has 3 aromatic rings. The van der Waals surface area contributed by atoms with Crippen LogP contribution in [0.25, 0.3) is 0 Å². The molecule has 0 saturated carbocycles. The molecule has 0 bridgehead atoms. The van der Waals surface area contributed by atoms with Gasteiger partial charge in [0.05, 0.1) is 11.4 Å². The molecule has 27 heavy (non-hydrogen) atoms. The summed E-state index contributed by atoms with van der Waals surface area (Å²) in [5.74, 6) is 0. The van der Waals surface area contributed by atoms with Crippen LogP contribution >= 0.6 is 0 Å². The molecule has 1 heterocycles. The maximum absolute atomic E-state index is 12.6. The van der Waals surface area contributed by atoms with Gasteiger partial charge in [-0.2, -0.15) is 5.10 Å². The molecule has 3 N–H and O–H groups in total. The number of nitrogens with zero attached hydrogens (tertiary/aromatic N) is 1. The highest BCUT2D eigenvalue weighted by Crippen LogP contribution is 2.27. The molecule has 0 aliphatic carbocycles. The Morgan fingerprint density at radius 1 is 0.889 bits per heavy atom. The van der Waals surface area contributed by atoms with E-state index in [1.54, 1.807) is 26.0 Å². The average Bonchev–Trinajstić information content (AvgIpc) is 2.91. The van der Waals surface area contributed by atoms with Crippen molar-refractivity contribution in [2.45, 2.75) is 39.5 Å². The minimum absolute atomic E-state index is 0.190. The quantitative estimate of drug-likeness (QED) is 0.605. The Morgan fingerprint density at radius 2 is 1.44 bits per heavy atom. The molecule has 0 atom stereocenters. The van der Waals surface area contributed by atoms with E-state index in [4.69, 9.17) is 0 Å². The summed E-state index contributed by atoms with van der Waals surface area (Å²) in [6, 6.07) is 11.4. The molecule has 6 nitrogen and oxygen atoms in total. The Hall–Kier alpha value is -2.80. The third-order valence-corrected chi connectivity index (χ3v) is 6.06. The van der Waals surface area contributed by atoms with Crippen LogP contribution in [-0.4, -0.2) is 18.6 Å². The molecule has 0 unspecified atom stereocenters. The number of hydrogen-bond donors (Lipinski definition) is 3. The van der Waals surface area contributed by atoms with Crippen molar-refractivity contribution in [3.8, 4) is 0 Å². The van der Waals surface area contributed by atoms with Crippen LogP contribution in [0, 0.1) is 34.6 Å². The SMILES string of the molecule is Cc1cc(C)c(Nc2ccc(NS(=O)(=O)c3c(C)n[nH]c3C)cc2)c(C)c1. The zero-order valence-electron chi connectivity index (χ0n) is 16.1. The van der Waals surface area contributed by atoms with Gasteiger partial charge in [-0.25, -0.2) is 8.42 Å². The summed E-state index contributed by atoms with van der Waals surface area (Å²) in [6.45, 7) is 9.57. The van der Waals surface area contributed by atoms with Crippen LogP contribution in [-0.2, 0) is 10.0 Å². The van der Waals surface area contributed by atoms with E-state index in [1.807, 2.05) is 12.1 Å². The van der Waals surface area contributed by atoms with Gasteiger partial charge in [-0.15, -0.1) is 0 Å². The summed E-state index contributed by atoms with van der Waals surface area (Å²) in [5.41, 5.74) is 6.99. The van der Waals surface area contributed by atoms with Gasteiger partial charge in [0.1, 0.15) is 4.90 Å². The second-order valence-electron chi connectivity index (χ2n) is 6.84. The highest BCUT2D eigenvalue weighted by Gasteiger charge is 2.22. The maximum Gasteiger partial charge on any atom is 0.265 e. The largest absolute Gasteiger partial charge is 0.355 e. The molecule has 0 saturated heterocycles. The van der Waals surface area contributed by atoms with Crippen LogP contribution in [0.1, 0.15) is 28.1 Å². The number of H-pyrrole nitrogens is 1. The summed E-state index contributed by atoms with van der Waals surface area (Å²) in [4.78, 5) is 0.190. The zero-order chi connectivity index (χ0) is 19.8. The molecular formula is C20H24N4O2S. The molecule has 7 heteroatoms. The Balaban J connectivity index is 1.80. The van der Waals surface area contributed by atoms with Crippen molar-refractivity contribution in [2.24, 2.45) is 0 Å². The first-order chi connectivity index (χ1) is 12.7. The summed E-state index contributed by atoms with van der Waals surface area (Å²) in [6.07, 6.45) is 0. The van der Waals surface area contributed by atoms with Crippen LogP contribution in [0.5, 0.6) is 0 Å². The van der Waals surface area contributed by atoms with Crippen LogP contribution in [0.2, 0.25) is 0 Å². The third kappa shape index (κ3) is 3.98. The number of aryl methyl sites for hydroxylation is 5.